The normalized spacial score (nSPS) is 17.7. The summed E-state index contributed by atoms with van der Waals surface area (Å²) in [5.41, 5.74) is 16.4. The Labute approximate surface area is 269 Å². The van der Waals surface area contributed by atoms with E-state index < -0.39 is 26.8 Å². The Morgan fingerprint density at radius 2 is 1.04 bits per heavy atom. The predicted molar refractivity (Wildman–Crippen MR) is 176 cm³/mol. The first kappa shape index (κ1) is 40.2. The predicted octanol–water partition coefficient (Wildman–Crippen LogP) is -2.97. The Morgan fingerprint density at radius 1 is 0.644 bits per heavy atom. The molecule has 0 bridgehead atoms. The number of nitrogens with zero attached hydrogens (tertiary/aromatic N) is 4. The zero-order valence-corrected chi connectivity index (χ0v) is 28.7. The van der Waals surface area contributed by atoms with Crippen LogP contribution in [-0.2, 0) is 23.6 Å². The molecular formula is C28H58N10O6Si. The first-order chi connectivity index (χ1) is 21.3. The van der Waals surface area contributed by atoms with E-state index in [0.717, 1.165) is 12.5 Å². The molecule has 0 saturated carbocycles. The van der Waals surface area contributed by atoms with Gasteiger partial charge in [-0.05, 0) is 71.9 Å². The third-order valence-electron chi connectivity index (χ3n) is 7.18. The number of hydrogen-bond donors (Lipinski definition) is 6. The van der Waals surface area contributed by atoms with Crippen molar-refractivity contribution in [2.45, 2.75) is 51.8 Å². The van der Waals surface area contributed by atoms with E-state index in [-0.39, 0.29) is 50.8 Å². The average molecular weight is 659 g/mol. The highest BCUT2D eigenvalue weighted by Gasteiger charge is 2.18. The lowest BCUT2D eigenvalue weighted by Crippen LogP contribution is -2.47. The van der Waals surface area contributed by atoms with Gasteiger partial charge in [0.25, 0.3) is 0 Å². The lowest BCUT2D eigenvalue weighted by molar-refractivity contribution is -0.123. The molecule has 1 fully saturated rings. The second-order valence-electron chi connectivity index (χ2n) is 11.9. The summed E-state index contributed by atoms with van der Waals surface area (Å²) in [7, 11) is -1.21. The molecule has 1 aliphatic rings. The molecule has 0 aromatic carbocycles. The molecule has 1 saturated heterocycles. The van der Waals surface area contributed by atoms with Gasteiger partial charge in [-0.2, -0.15) is 0 Å². The summed E-state index contributed by atoms with van der Waals surface area (Å²) in [6.45, 7) is 12.2. The second-order valence-corrected chi connectivity index (χ2v) is 14.4. The molecule has 9 N–H and O–H groups in total. The van der Waals surface area contributed by atoms with Crippen LogP contribution in [0.1, 0.15) is 33.1 Å². The summed E-state index contributed by atoms with van der Waals surface area (Å²) in [6, 6.07) is 0.718. The molecule has 0 radical (unpaired) electrons. The number of carbonyl (C=O) groups excluding carboxylic acids is 5. The maximum absolute atomic E-state index is 12.8. The number of hydrogen-bond acceptors (Lipinski definition) is 10. The quantitative estimate of drug-likeness (QED) is 0.0688. The summed E-state index contributed by atoms with van der Waals surface area (Å²) in [4.78, 5) is 67.7. The van der Waals surface area contributed by atoms with E-state index in [2.05, 4.69) is 22.5 Å². The van der Waals surface area contributed by atoms with E-state index in [1.165, 1.54) is 0 Å². The van der Waals surface area contributed by atoms with E-state index in [1.54, 1.807) is 0 Å². The van der Waals surface area contributed by atoms with Crippen LogP contribution < -0.4 is 33.2 Å². The topological polar surface area (TPSA) is 222 Å². The Kier molecular flexibility index (Phi) is 21.0. The van der Waals surface area contributed by atoms with Crippen LogP contribution in [0.2, 0.25) is 12.6 Å². The van der Waals surface area contributed by atoms with Gasteiger partial charge in [-0.1, -0.05) is 0 Å². The lowest BCUT2D eigenvalue weighted by Gasteiger charge is -2.31. The van der Waals surface area contributed by atoms with Crippen molar-refractivity contribution in [3.8, 4) is 0 Å². The zero-order chi connectivity index (χ0) is 33.6. The van der Waals surface area contributed by atoms with Gasteiger partial charge in [0.1, 0.15) is 0 Å². The maximum atomic E-state index is 12.8. The van der Waals surface area contributed by atoms with Gasteiger partial charge < -0.3 is 37.6 Å². The molecule has 0 spiro atoms. The number of carbonyl (C=O) groups is 5. The van der Waals surface area contributed by atoms with Crippen LogP contribution in [0.25, 0.3) is 0 Å². The van der Waals surface area contributed by atoms with Gasteiger partial charge in [-0.15, -0.1) is 0 Å². The molecule has 1 aliphatic heterocycles. The molecule has 0 aromatic heterocycles. The van der Waals surface area contributed by atoms with Crippen molar-refractivity contribution in [2.24, 2.45) is 17.2 Å². The van der Waals surface area contributed by atoms with Crippen LogP contribution in [-0.4, -0.2) is 163 Å². The molecule has 45 heavy (non-hydrogen) atoms. The van der Waals surface area contributed by atoms with Gasteiger partial charge in [0.05, 0.1) is 26.2 Å². The van der Waals surface area contributed by atoms with Crippen LogP contribution in [0.4, 0.5) is 4.79 Å². The third kappa shape index (κ3) is 22.3. The van der Waals surface area contributed by atoms with Crippen molar-refractivity contribution in [1.29, 1.82) is 0 Å². The highest BCUT2D eigenvalue weighted by atomic mass is 28.3. The summed E-state index contributed by atoms with van der Waals surface area (Å²) in [5.74, 6) is -1.50. The van der Waals surface area contributed by atoms with Gasteiger partial charge in [-0.25, -0.2) is 4.79 Å². The van der Waals surface area contributed by atoms with E-state index in [1.807, 2.05) is 33.4 Å². The SMILES string of the molecule is CC(C)O[SiH](C)CCCNC(=O)NCCNC(=O)CN1CCCN(CC(N)=O)CCN(CC(N)=O)CCCN(CC(N)=O)CC1. The summed E-state index contributed by atoms with van der Waals surface area (Å²) in [6.07, 6.45) is 2.44. The van der Waals surface area contributed by atoms with Crippen LogP contribution >= 0.6 is 0 Å². The van der Waals surface area contributed by atoms with Crippen LogP contribution in [0.3, 0.4) is 0 Å². The number of nitrogens with two attached hydrogens (primary N) is 3. The monoisotopic (exact) mass is 658 g/mol. The van der Waals surface area contributed by atoms with Crippen molar-refractivity contribution in [2.75, 3.05) is 98.2 Å². The van der Waals surface area contributed by atoms with Crippen molar-refractivity contribution in [3.63, 3.8) is 0 Å². The minimum Gasteiger partial charge on any atom is -0.418 e. The van der Waals surface area contributed by atoms with E-state index in [0.29, 0.717) is 78.3 Å². The van der Waals surface area contributed by atoms with E-state index in [9.17, 15) is 24.0 Å². The summed E-state index contributed by atoms with van der Waals surface area (Å²) >= 11 is 0. The number of primary amides is 3. The second kappa shape index (κ2) is 23.5. The molecule has 1 atom stereocenters. The molecule has 1 rings (SSSR count). The highest BCUT2D eigenvalue weighted by Crippen LogP contribution is 2.04. The first-order valence-corrected chi connectivity index (χ1v) is 18.5. The highest BCUT2D eigenvalue weighted by molar-refractivity contribution is 6.50. The largest absolute Gasteiger partial charge is 0.418 e. The number of nitrogens with one attached hydrogen (secondary N) is 3. The van der Waals surface area contributed by atoms with Crippen molar-refractivity contribution in [3.05, 3.63) is 0 Å². The van der Waals surface area contributed by atoms with Gasteiger partial charge in [0.15, 0.2) is 9.04 Å². The standard InChI is InChI=1S/C28H58N10O6Si/c1-23(2)44-45(3)18-4-7-33-28(43)34-9-8-32-27(42)22-38-13-6-12-36(20-25(30)40)15-14-35(19-24(29)39)10-5-11-37(16-17-38)21-26(31)41/h23,45H,4-22H2,1-3H3,(H2,29,39)(H2,30,40)(H2,31,41)(H,32,42)(H2,33,34,43). The van der Waals surface area contributed by atoms with Crippen molar-refractivity contribution >= 4 is 38.7 Å². The number of amides is 6. The Balaban J connectivity index is 2.62. The van der Waals surface area contributed by atoms with Gasteiger partial charge in [-0.3, -0.25) is 38.8 Å². The fourth-order valence-corrected chi connectivity index (χ4v) is 7.01. The van der Waals surface area contributed by atoms with Gasteiger partial charge in [0.2, 0.25) is 23.6 Å². The summed E-state index contributed by atoms with van der Waals surface area (Å²) in [5, 5.41) is 8.44. The van der Waals surface area contributed by atoms with E-state index in [4.69, 9.17) is 21.6 Å². The smallest absolute Gasteiger partial charge is 0.314 e. The molecule has 1 heterocycles. The fourth-order valence-electron chi connectivity index (χ4n) is 5.17. The molecular weight excluding hydrogens is 600 g/mol. The summed E-state index contributed by atoms with van der Waals surface area (Å²) < 4.78 is 5.82. The number of rotatable bonds is 17. The first-order valence-electron chi connectivity index (χ1n) is 16.0. The third-order valence-corrected chi connectivity index (χ3v) is 9.41. The average Bonchev–Trinajstić information content (AvgIpc) is 2.92. The van der Waals surface area contributed by atoms with Crippen molar-refractivity contribution < 1.29 is 28.4 Å². The molecule has 0 aliphatic carbocycles. The van der Waals surface area contributed by atoms with Crippen LogP contribution in [0.15, 0.2) is 0 Å². The molecule has 17 heteroatoms. The molecule has 6 amide bonds. The van der Waals surface area contributed by atoms with Crippen LogP contribution in [0, 0.1) is 0 Å². The Hall–Kier alpha value is -2.83. The Morgan fingerprint density at radius 3 is 1.47 bits per heavy atom. The van der Waals surface area contributed by atoms with Crippen molar-refractivity contribution in [1.82, 2.24) is 35.6 Å². The van der Waals surface area contributed by atoms with Gasteiger partial charge >= 0.3 is 6.03 Å². The minimum atomic E-state index is -1.21. The van der Waals surface area contributed by atoms with Crippen LogP contribution in [0.5, 0.6) is 0 Å². The number of urea groups is 1. The molecule has 1 unspecified atom stereocenters. The molecule has 16 nitrogen and oxygen atoms in total. The van der Waals surface area contributed by atoms with E-state index >= 15 is 0 Å². The maximum Gasteiger partial charge on any atom is 0.314 e. The molecule has 260 valence electrons. The molecule has 0 aromatic rings. The lowest BCUT2D eigenvalue weighted by atomic mass is 10.2. The minimum absolute atomic E-state index is 0.0860. The Bertz CT molecular complexity index is 915. The fraction of sp³-hybridized carbons (Fsp3) is 0.821. The zero-order valence-electron chi connectivity index (χ0n) is 27.6. The van der Waals surface area contributed by atoms with Gasteiger partial charge in [0, 0.05) is 51.9 Å².